The highest BCUT2D eigenvalue weighted by Gasteiger charge is 2.28. The Bertz CT molecular complexity index is 1210. The van der Waals surface area contributed by atoms with E-state index in [-0.39, 0.29) is 10.5 Å². The molecule has 0 radical (unpaired) electrons. The maximum absolute atomic E-state index is 13.1. The number of hydrogen-bond acceptors (Lipinski definition) is 5. The summed E-state index contributed by atoms with van der Waals surface area (Å²) in [5, 5.41) is 0.967. The Kier molecular flexibility index (Phi) is 5.39. The number of piperazine rings is 1. The lowest BCUT2D eigenvalue weighted by Gasteiger charge is -2.33. The summed E-state index contributed by atoms with van der Waals surface area (Å²) in [5.41, 5.74) is 0.285. The predicted octanol–water partition coefficient (Wildman–Crippen LogP) is 2.22. The first-order chi connectivity index (χ1) is 13.8. The number of benzene rings is 2. The molecule has 1 N–H and O–H groups in total. The highest BCUT2D eigenvalue weighted by atomic mass is 35.5. The lowest BCUT2D eigenvalue weighted by molar-refractivity contribution is 0.178. The van der Waals surface area contributed by atoms with E-state index in [4.69, 9.17) is 11.6 Å². The fourth-order valence-electron chi connectivity index (χ4n) is 3.33. The van der Waals surface area contributed by atoms with Gasteiger partial charge in [0.25, 0.3) is 5.56 Å². The average molecular weight is 437 g/mol. The van der Waals surface area contributed by atoms with Gasteiger partial charge in [0, 0.05) is 31.2 Å². The van der Waals surface area contributed by atoms with Crippen molar-refractivity contribution in [3.8, 4) is 0 Å². The smallest absolute Gasteiger partial charge is 0.258 e. The molecule has 0 saturated carbocycles. The second-order valence-corrected chi connectivity index (χ2v) is 9.18. The van der Waals surface area contributed by atoms with Crippen molar-refractivity contribution in [3.63, 3.8) is 0 Å². The van der Waals surface area contributed by atoms with E-state index in [9.17, 15) is 17.6 Å². The molecule has 1 aliphatic rings. The molecule has 0 unspecified atom stereocenters. The minimum Gasteiger partial charge on any atom is -0.309 e. The van der Waals surface area contributed by atoms with Gasteiger partial charge in [0.05, 0.1) is 22.3 Å². The van der Waals surface area contributed by atoms with Crippen LogP contribution in [0.4, 0.5) is 4.39 Å². The Morgan fingerprint density at radius 2 is 1.76 bits per heavy atom. The molecule has 152 valence electrons. The van der Waals surface area contributed by atoms with Crippen LogP contribution in [0.15, 0.2) is 52.2 Å². The van der Waals surface area contributed by atoms with E-state index >= 15 is 0 Å². The van der Waals surface area contributed by atoms with Crippen LogP contribution in [-0.2, 0) is 16.6 Å². The van der Waals surface area contributed by atoms with Crippen molar-refractivity contribution in [2.45, 2.75) is 11.4 Å². The van der Waals surface area contributed by atoms with Gasteiger partial charge in [0.2, 0.25) is 10.0 Å². The monoisotopic (exact) mass is 436 g/mol. The molecule has 0 spiro atoms. The van der Waals surface area contributed by atoms with E-state index in [2.05, 4.69) is 9.97 Å². The third kappa shape index (κ3) is 4.18. The van der Waals surface area contributed by atoms with E-state index < -0.39 is 15.8 Å². The number of aromatic amines is 1. The molecule has 2 heterocycles. The summed E-state index contributed by atoms with van der Waals surface area (Å²) < 4.78 is 39.9. The molecular weight excluding hydrogens is 419 g/mol. The van der Waals surface area contributed by atoms with Crippen LogP contribution >= 0.6 is 11.6 Å². The molecule has 29 heavy (non-hydrogen) atoms. The van der Waals surface area contributed by atoms with E-state index in [1.165, 1.54) is 16.4 Å². The predicted molar refractivity (Wildman–Crippen MR) is 108 cm³/mol. The molecule has 10 heteroatoms. The number of aromatic nitrogens is 2. The lowest BCUT2D eigenvalue weighted by atomic mass is 10.2. The van der Waals surface area contributed by atoms with Crippen molar-refractivity contribution >= 4 is 32.5 Å². The minimum absolute atomic E-state index is 0.0738. The molecule has 3 aromatic rings. The van der Waals surface area contributed by atoms with Gasteiger partial charge in [-0.2, -0.15) is 4.31 Å². The van der Waals surface area contributed by atoms with E-state index in [1.54, 1.807) is 18.2 Å². The number of H-pyrrole nitrogens is 1. The summed E-state index contributed by atoms with van der Waals surface area (Å²) in [7, 11) is -3.66. The Morgan fingerprint density at radius 3 is 2.45 bits per heavy atom. The number of rotatable bonds is 4. The SMILES string of the molecule is O=c1[nH]c(CN2CCN(S(=O)(=O)c3ccc(F)cc3)CC2)nc2cc(Cl)ccc12. The van der Waals surface area contributed by atoms with Crippen LogP contribution in [-0.4, -0.2) is 53.8 Å². The normalized spacial score (nSPS) is 16.3. The van der Waals surface area contributed by atoms with Crippen molar-refractivity contribution in [1.82, 2.24) is 19.2 Å². The van der Waals surface area contributed by atoms with Crippen molar-refractivity contribution in [2.75, 3.05) is 26.2 Å². The largest absolute Gasteiger partial charge is 0.309 e. The molecule has 0 aliphatic carbocycles. The number of fused-ring (bicyclic) bond motifs is 1. The van der Waals surface area contributed by atoms with Crippen molar-refractivity contribution in [2.24, 2.45) is 0 Å². The molecule has 0 bridgehead atoms. The fourth-order valence-corrected chi connectivity index (χ4v) is 4.92. The molecule has 1 saturated heterocycles. The Balaban J connectivity index is 1.46. The Morgan fingerprint density at radius 1 is 1.07 bits per heavy atom. The van der Waals surface area contributed by atoms with Crippen molar-refractivity contribution < 1.29 is 12.8 Å². The van der Waals surface area contributed by atoms with Crippen LogP contribution in [0.25, 0.3) is 10.9 Å². The van der Waals surface area contributed by atoms with E-state index in [1.807, 2.05) is 4.90 Å². The molecular formula is C19H18ClFN4O3S. The standard InChI is InChI=1S/C19H18ClFN4O3S/c20-13-1-6-16-17(11-13)22-18(23-19(16)26)12-24-7-9-25(10-8-24)29(27,28)15-4-2-14(21)3-5-15/h1-6,11H,7-10,12H2,(H,22,23,26). The fraction of sp³-hybridized carbons (Fsp3) is 0.263. The molecule has 7 nitrogen and oxygen atoms in total. The number of nitrogens with one attached hydrogen (secondary N) is 1. The van der Waals surface area contributed by atoms with Gasteiger partial charge in [0.1, 0.15) is 11.6 Å². The van der Waals surface area contributed by atoms with Crippen LogP contribution in [0.5, 0.6) is 0 Å². The molecule has 1 aromatic heterocycles. The lowest BCUT2D eigenvalue weighted by Crippen LogP contribution is -2.48. The van der Waals surface area contributed by atoms with Crippen molar-refractivity contribution in [3.05, 3.63) is 69.5 Å². The summed E-state index contributed by atoms with van der Waals surface area (Å²) in [6.07, 6.45) is 0. The van der Waals surface area contributed by atoms with Gasteiger partial charge in [0.15, 0.2) is 0 Å². The van der Waals surface area contributed by atoms with Gasteiger partial charge < -0.3 is 4.98 Å². The average Bonchev–Trinajstić information content (AvgIpc) is 2.68. The van der Waals surface area contributed by atoms with Gasteiger partial charge in [-0.25, -0.2) is 17.8 Å². The quantitative estimate of drug-likeness (QED) is 0.677. The molecule has 1 aliphatic heterocycles. The maximum Gasteiger partial charge on any atom is 0.258 e. The highest BCUT2D eigenvalue weighted by Crippen LogP contribution is 2.19. The summed E-state index contributed by atoms with van der Waals surface area (Å²) in [6.45, 7) is 1.95. The second-order valence-electron chi connectivity index (χ2n) is 6.81. The minimum atomic E-state index is -3.66. The number of nitrogens with zero attached hydrogens (tertiary/aromatic N) is 3. The third-order valence-electron chi connectivity index (χ3n) is 4.87. The van der Waals surface area contributed by atoms with Gasteiger partial charge in [-0.1, -0.05) is 11.6 Å². The van der Waals surface area contributed by atoms with E-state index in [0.29, 0.717) is 54.5 Å². The maximum atomic E-state index is 13.1. The van der Waals surface area contributed by atoms with Gasteiger partial charge >= 0.3 is 0 Å². The first-order valence-corrected chi connectivity index (χ1v) is 10.8. The molecule has 0 atom stereocenters. The first kappa shape index (κ1) is 20.0. The van der Waals surface area contributed by atoms with Gasteiger partial charge in [-0.15, -0.1) is 0 Å². The van der Waals surface area contributed by atoms with Gasteiger partial charge in [-0.05, 0) is 42.5 Å². The van der Waals surface area contributed by atoms with Crippen LogP contribution in [0.2, 0.25) is 5.02 Å². The first-order valence-electron chi connectivity index (χ1n) is 8.99. The topological polar surface area (TPSA) is 86.4 Å². The zero-order chi connectivity index (χ0) is 20.6. The van der Waals surface area contributed by atoms with Crippen LogP contribution in [0.3, 0.4) is 0 Å². The summed E-state index contributed by atoms with van der Waals surface area (Å²) in [4.78, 5) is 21.6. The summed E-state index contributed by atoms with van der Waals surface area (Å²) in [5.74, 6) is 0.0199. The molecule has 4 rings (SSSR count). The molecule has 2 aromatic carbocycles. The second kappa shape index (κ2) is 7.83. The van der Waals surface area contributed by atoms with E-state index in [0.717, 1.165) is 12.1 Å². The number of halogens is 2. The van der Waals surface area contributed by atoms with Crippen LogP contribution in [0.1, 0.15) is 5.82 Å². The summed E-state index contributed by atoms with van der Waals surface area (Å²) in [6, 6.07) is 9.72. The Hall–Kier alpha value is -2.33. The van der Waals surface area contributed by atoms with Crippen molar-refractivity contribution in [1.29, 1.82) is 0 Å². The van der Waals surface area contributed by atoms with Crippen LogP contribution in [0, 0.1) is 5.82 Å². The number of hydrogen-bond donors (Lipinski definition) is 1. The van der Waals surface area contributed by atoms with Gasteiger partial charge in [-0.3, -0.25) is 9.69 Å². The zero-order valence-corrected chi connectivity index (χ0v) is 16.9. The number of sulfonamides is 1. The van der Waals surface area contributed by atoms with Crippen LogP contribution < -0.4 is 5.56 Å². The highest BCUT2D eigenvalue weighted by molar-refractivity contribution is 7.89. The third-order valence-corrected chi connectivity index (χ3v) is 7.02. The molecule has 0 amide bonds. The molecule has 1 fully saturated rings. The Labute approximate surface area is 171 Å². The zero-order valence-electron chi connectivity index (χ0n) is 15.3. The summed E-state index contributed by atoms with van der Waals surface area (Å²) >= 11 is 5.99.